The van der Waals surface area contributed by atoms with Crippen LogP contribution < -0.4 is 10.5 Å². The van der Waals surface area contributed by atoms with Gasteiger partial charge in [-0.1, -0.05) is 0 Å². The Bertz CT molecular complexity index is 526. The number of halogens is 1. The molecule has 1 saturated carbocycles. The van der Waals surface area contributed by atoms with Crippen molar-refractivity contribution in [3.05, 3.63) is 24.0 Å². The summed E-state index contributed by atoms with van der Waals surface area (Å²) < 4.78 is 39.4. The number of rotatable bonds is 3. The van der Waals surface area contributed by atoms with Crippen LogP contribution in [0.4, 0.5) is 10.1 Å². The highest BCUT2D eigenvalue weighted by Crippen LogP contribution is 2.23. The van der Waals surface area contributed by atoms with E-state index in [4.69, 9.17) is 10.8 Å². The van der Waals surface area contributed by atoms with Crippen LogP contribution >= 0.6 is 0 Å². The predicted molar refractivity (Wildman–Crippen MR) is 60.2 cm³/mol. The van der Waals surface area contributed by atoms with Crippen molar-refractivity contribution >= 4 is 15.7 Å². The molecule has 4 N–H and O–H groups in total. The van der Waals surface area contributed by atoms with Gasteiger partial charge in [-0.25, -0.2) is 17.5 Å². The van der Waals surface area contributed by atoms with Crippen LogP contribution in [-0.2, 0) is 10.0 Å². The molecule has 1 aromatic carbocycles. The highest BCUT2D eigenvalue weighted by atomic mass is 32.2. The fraction of sp³-hybridized carbons (Fsp3) is 0.400. The van der Waals surface area contributed by atoms with Gasteiger partial charge in [-0.05, 0) is 31.0 Å². The molecule has 1 fully saturated rings. The van der Waals surface area contributed by atoms with Crippen molar-refractivity contribution in [3.63, 3.8) is 0 Å². The molecule has 17 heavy (non-hydrogen) atoms. The lowest BCUT2D eigenvalue weighted by molar-refractivity contribution is 0.0712. The van der Waals surface area contributed by atoms with E-state index in [1.807, 2.05) is 0 Å². The highest BCUT2D eigenvalue weighted by Gasteiger charge is 2.32. The zero-order valence-electron chi connectivity index (χ0n) is 8.93. The summed E-state index contributed by atoms with van der Waals surface area (Å²) in [5, 5.41) is 9.06. The topological polar surface area (TPSA) is 92.4 Å². The SMILES string of the molecule is Nc1ccc(F)c(S(=O)(=O)NC2CC(O)C2)c1. The zero-order valence-corrected chi connectivity index (χ0v) is 9.74. The van der Waals surface area contributed by atoms with E-state index in [1.54, 1.807) is 0 Å². The summed E-state index contributed by atoms with van der Waals surface area (Å²) in [5.41, 5.74) is 5.61. The van der Waals surface area contributed by atoms with Crippen molar-refractivity contribution in [3.8, 4) is 0 Å². The Balaban J connectivity index is 2.22. The van der Waals surface area contributed by atoms with Gasteiger partial charge in [0.15, 0.2) is 0 Å². The van der Waals surface area contributed by atoms with Gasteiger partial charge in [0.1, 0.15) is 10.7 Å². The smallest absolute Gasteiger partial charge is 0.243 e. The number of nitrogen functional groups attached to an aromatic ring is 1. The van der Waals surface area contributed by atoms with Crippen LogP contribution in [0, 0.1) is 5.82 Å². The predicted octanol–water partition coefficient (Wildman–Crippen LogP) is 0.209. The van der Waals surface area contributed by atoms with Gasteiger partial charge in [-0.15, -0.1) is 0 Å². The van der Waals surface area contributed by atoms with Crippen LogP contribution in [0.3, 0.4) is 0 Å². The van der Waals surface area contributed by atoms with E-state index in [9.17, 15) is 12.8 Å². The maximum absolute atomic E-state index is 13.4. The molecule has 1 aliphatic rings. The van der Waals surface area contributed by atoms with Crippen molar-refractivity contribution in [2.24, 2.45) is 0 Å². The van der Waals surface area contributed by atoms with E-state index in [0.717, 1.165) is 12.1 Å². The highest BCUT2D eigenvalue weighted by molar-refractivity contribution is 7.89. The number of sulfonamides is 1. The number of nitrogens with one attached hydrogen (secondary N) is 1. The summed E-state index contributed by atoms with van der Waals surface area (Å²) in [7, 11) is -3.91. The number of nitrogens with two attached hydrogens (primary N) is 1. The van der Waals surface area contributed by atoms with E-state index in [2.05, 4.69) is 4.72 Å². The first-order valence-electron chi connectivity index (χ1n) is 5.14. The number of aliphatic hydroxyl groups excluding tert-OH is 1. The first kappa shape index (κ1) is 12.3. The van der Waals surface area contributed by atoms with E-state index < -0.39 is 26.8 Å². The molecule has 0 amide bonds. The Kier molecular flexibility index (Phi) is 3.07. The zero-order chi connectivity index (χ0) is 12.6. The van der Waals surface area contributed by atoms with Crippen molar-refractivity contribution in [2.75, 3.05) is 5.73 Å². The Morgan fingerprint density at radius 1 is 1.41 bits per heavy atom. The van der Waals surface area contributed by atoms with Gasteiger partial charge in [0.25, 0.3) is 0 Å². The van der Waals surface area contributed by atoms with Gasteiger partial charge in [-0.2, -0.15) is 0 Å². The third-order valence-electron chi connectivity index (χ3n) is 2.68. The Morgan fingerprint density at radius 2 is 2.06 bits per heavy atom. The normalized spacial score (nSPS) is 24.4. The van der Waals surface area contributed by atoms with Gasteiger partial charge in [-0.3, -0.25) is 0 Å². The average Bonchev–Trinajstić information content (AvgIpc) is 2.19. The van der Waals surface area contributed by atoms with Crippen LogP contribution in [0.5, 0.6) is 0 Å². The lowest BCUT2D eigenvalue weighted by atomic mass is 9.91. The number of hydrogen-bond donors (Lipinski definition) is 3. The monoisotopic (exact) mass is 260 g/mol. The summed E-state index contributed by atoms with van der Waals surface area (Å²) >= 11 is 0. The van der Waals surface area contributed by atoms with Crippen molar-refractivity contribution in [1.82, 2.24) is 4.72 Å². The second-order valence-electron chi connectivity index (χ2n) is 4.13. The minimum Gasteiger partial charge on any atom is -0.399 e. The molecule has 1 aliphatic carbocycles. The molecule has 1 aromatic rings. The maximum Gasteiger partial charge on any atom is 0.243 e. The maximum atomic E-state index is 13.4. The molecule has 0 aliphatic heterocycles. The van der Waals surface area contributed by atoms with Crippen LogP contribution in [0.1, 0.15) is 12.8 Å². The van der Waals surface area contributed by atoms with Crippen molar-refractivity contribution < 1.29 is 17.9 Å². The molecule has 0 saturated heterocycles. The summed E-state index contributed by atoms with van der Waals surface area (Å²) in [6.45, 7) is 0. The van der Waals surface area contributed by atoms with Crippen LogP contribution in [0.2, 0.25) is 0 Å². The summed E-state index contributed by atoms with van der Waals surface area (Å²) in [5.74, 6) is -0.841. The first-order valence-corrected chi connectivity index (χ1v) is 6.62. The Morgan fingerprint density at radius 3 is 2.65 bits per heavy atom. The molecule has 0 heterocycles. The fourth-order valence-corrected chi connectivity index (χ4v) is 3.07. The molecule has 0 radical (unpaired) electrons. The van der Waals surface area contributed by atoms with Gasteiger partial charge in [0.05, 0.1) is 6.10 Å². The summed E-state index contributed by atoms with van der Waals surface area (Å²) in [6, 6.07) is 3.05. The molecular formula is C10H13FN2O3S. The summed E-state index contributed by atoms with van der Waals surface area (Å²) in [6.07, 6.45) is 0.222. The minimum atomic E-state index is -3.91. The molecule has 2 rings (SSSR count). The average molecular weight is 260 g/mol. The summed E-state index contributed by atoms with van der Waals surface area (Å²) in [4.78, 5) is -0.459. The fourth-order valence-electron chi connectivity index (χ4n) is 1.69. The number of hydrogen-bond acceptors (Lipinski definition) is 4. The second-order valence-corrected chi connectivity index (χ2v) is 5.82. The quantitative estimate of drug-likeness (QED) is 0.677. The standard InChI is InChI=1S/C10H13FN2O3S/c11-9-2-1-6(12)3-10(9)17(15,16)13-7-4-8(14)5-7/h1-3,7-8,13-14H,4-5,12H2. The molecule has 0 unspecified atom stereocenters. The number of benzene rings is 1. The van der Waals surface area contributed by atoms with Gasteiger partial charge < -0.3 is 10.8 Å². The van der Waals surface area contributed by atoms with Crippen molar-refractivity contribution in [1.29, 1.82) is 0 Å². The molecular weight excluding hydrogens is 247 g/mol. The largest absolute Gasteiger partial charge is 0.399 e. The number of aliphatic hydroxyl groups is 1. The molecule has 7 heteroatoms. The van der Waals surface area contributed by atoms with E-state index >= 15 is 0 Å². The van der Waals surface area contributed by atoms with Gasteiger partial charge in [0.2, 0.25) is 10.0 Å². The van der Waals surface area contributed by atoms with Crippen LogP contribution in [0.15, 0.2) is 23.1 Å². The molecule has 0 bridgehead atoms. The molecule has 0 aromatic heterocycles. The molecule has 5 nitrogen and oxygen atoms in total. The van der Waals surface area contributed by atoms with E-state index in [0.29, 0.717) is 12.8 Å². The third kappa shape index (κ3) is 2.56. The van der Waals surface area contributed by atoms with E-state index in [1.165, 1.54) is 6.07 Å². The molecule has 0 spiro atoms. The lowest BCUT2D eigenvalue weighted by Gasteiger charge is -2.31. The number of anilines is 1. The van der Waals surface area contributed by atoms with Crippen LogP contribution in [-0.4, -0.2) is 25.7 Å². The Labute approximate surface area is 98.5 Å². The minimum absolute atomic E-state index is 0.181. The molecule has 0 atom stereocenters. The molecule has 94 valence electrons. The van der Waals surface area contributed by atoms with E-state index in [-0.39, 0.29) is 11.7 Å². The van der Waals surface area contributed by atoms with Crippen molar-refractivity contribution in [2.45, 2.75) is 29.9 Å². The third-order valence-corrected chi connectivity index (χ3v) is 4.22. The second kappa shape index (κ2) is 4.25. The Hall–Kier alpha value is -1.18. The first-order chi connectivity index (χ1) is 7.88. The van der Waals surface area contributed by atoms with Gasteiger partial charge in [0, 0.05) is 11.7 Å². The van der Waals surface area contributed by atoms with Crippen LogP contribution in [0.25, 0.3) is 0 Å². The van der Waals surface area contributed by atoms with Gasteiger partial charge >= 0.3 is 0 Å². The lowest BCUT2D eigenvalue weighted by Crippen LogP contribution is -2.46.